The summed E-state index contributed by atoms with van der Waals surface area (Å²) < 4.78 is 5.55. The third-order valence-electron chi connectivity index (χ3n) is 6.83. The summed E-state index contributed by atoms with van der Waals surface area (Å²) in [5, 5.41) is 4.28. The molecule has 7 nitrogen and oxygen atoms in total. The summed E-state index contributed by atoms with van der Waals surface area (Å²) in [4.78, 5) is 27.7. The zero-order valence-corrected chi connectivity index (χ0v) is 17.0. The maximum absolute atomic E-state index is 12.7. The number of aromatic amines is 1. The number of fused-ring (bicyclic) bond motifs is 2. The summed E-state index contributed by atoms with van der Waals surface area (Å²) in [6, 6.07) is 0. The Hall–Kier alpha value is -2.18. The number of nitrogens with one attached hydrogen (secondary N) is 1. The summed E-state index contributed by atoms with van der Waals surface area (Å²) >= 11 is 0. The Labute approximate surface area is 164 Å². The number of rotatable bonds is 2. The first-order valence-corrected chi connectivity index (χ1v) is 10.6. The summed E-state index contributed by atoms with van der Waals surface area (Å²) in [6.07, 6.45) is 7.44. The van der Waals surface area contributed by atoms with E-state index in [1.54, 1.807) is 0 Å². The molecule has 150 valence electrons. The molecule has 2 aromatic heterocycles. The fourth-order valence-electron chi connectivity index (χ4n) is 4.88. The maximum atomic E-state index is 12.7. The molecular weight excluding hydrogens is 354 g/mol. The molecule has 3 aliphatic rings. The van der Waals surface area contributed by atoms with Gasteiger partial charge < -0.3 is 14.4 Å². The zero-order valence-electron chi connectivity index (χ0n) is 17.0. The summed E-state index contributed by atoms with van der Waals surface area (Å²) in [5.74, 6) is 2.72. The van der Waals surface area contributed by atoms with Crippen LogP contribution < -0.4 is 10.5 Å². The highest BCUT2D eigenvalue weighted by Crippen LogP contribution is 2.44. The van der Waals surface area contributed by atoms with Gasteiger partial charge in [0.2, 0.25) is 5.89 Å². The van der Waals surface area contributed by atoms with Crippen molar-refractivity contribution in [2.45, 2.75) is 82.5 Å². The zero-order chi connectivity index (χ0) is 19.5. The van der Waals surface area contributed by atoms with Crippen molar-refractivity contribution >= 4 is 5.95 Å². The minimum absolute atomic E-state index is 0.0377. The van der Waals surface area contributed by atoms with Crippen LogP contribution in [0, 0.1) is 0 Å². The fraction of sp³-hybridized carbons (Fsp3) is 0.714. The summed E-state index contributed by atoms with van der Waals surface area (Å²) in [6.45, 7) is 8.01. The second-order valence-corrected chi connectivity index (χ2v) is 9.86. The third-order valence-corrected chi connectivity index (χ3v) is 6.83. The topological polar surface area (TPSA) is 87.9 Å². The van der Waals surface area contributed by atoms with Crippen LogP contribution in [0.3, 0.4) is 0 Å². The fourth-order valence-corrected chi connectivity index (χ4v) is 4.88. The lowest BCUT2D eigenvalue weighted by Crippen LogP contribution is -2.46. The molecule has 5 rings (SSSR count). The molecule has 1 atom stereocenters. The Balaban J connectivity index is 1.48. The molecule has 1 saturated heterocycles. The molecule has 7 heteroatoms. The lowest BCUT2D eigenvalue weighted by atomic mass is 9.77. The molecule has 0 bridgehead atoms. The van der Waals surface area contributed by atoms with E-state index >= 15 is 0 Å². The van der Waals surface area contributed by atoms with E-state index in [-0.39, 0.29) is 16.4 Å². The number of aromatic nitrogens is 4. The molecule has 0 amide bonds. The van der Waals surface area contributed by atoms with Crippen LogP contribution >= 0.6 is 0 Å². The summed E-state index contributed by atoms with van der Waals surface area (Å²) in [5.41, 5.74) is 1.65. The standard InChI is InChI=1S/C21H29N5O2/c1-20(2,3)18-22-15-14(16(27)23-18)8-10-21(15)9-5-11-26(12-21)19-24-17(28-25-19)13-6-4-7-13/h13H,4-12H2,1-3H3,(H,22,23,27). The van der Waals surface area contributed by atoms with Gasteiger partial charge in [0.1, 0.15) is 5.82 Å². The Morgan fingerprint density at radius 2 is 2.00 bits per heavy atom. The minimum Gasteiger partial charge on any atom is -0.337 e. The van der Waals surface area contributed by atoms with E-state index in [1.807, 2.05) is 0 Å². The predicted molar refractivity (Wildman–Crippen MR) is 106 cm³/mol. The van der Waals surface area contributed by atoms with E-state index in [2.05, 4.69) is 35.8 Å². The molecule has 28 heavy (non-hydrogen) atoms. The van der Waals surface area contributed by atoms with Gasteiger partial charge in [-0.3, -0.25) is 4.79 Å². The van der Waals surface area contributed by atoms with Crippen LogP contribution in [0.25, 0.3) is 0 Å². The molecule has 1 spiro atoms. The Morgan fingerprint density at radius 3 is 2.71 bits per heavy atom. The Bertz CT molecular complexity index is 952. The quantitative estimate of drug-likeness (QED) is 0.857. The average Bonchev–Trinajstić information content (AvgIpc) is 3.20. The van der Waals surface area contributed by atoms with Crippen molar-refractivity contribution in [3.8, 4) is 0 Å². The number of piperidine rings is 1. The van der Waals surface area contributed by atoms with E-state index in [4.69, 9.17) is 14.5 Å². The van der Waals surface area contributed by atoms with E-state index in [0.29, 0.717) is 11.9 Å². The van der Waals surface area contributed by atoms with Gasteiger partial charge in [0.15, 0.2) is 0 Å². The first-order chi connectivity index (χ1) is 13.4. The molecule has 2 aromatic rings. The van der Waals surface area contributed by atoms with E-state index in [1.165, 1.54) is 6.42 Å². The van der Waals surface area contributed by atoms with Gasteiger partial charge in [-0.25, -0.2) is 4.98 Å². The van der Waals surface area contributed by atoms with Gasteiger partial charge in [-0.1, -0.05) is 27.2 Å². The molecule has 0 aromatic carbocycles. The molecule has 0 radical (unpaired) electrons. The monoisotopic (exact) mass is 383 g/mol. The van der Waals surface area contributed by atoms with Crippen LogP contribution in [0.5, 0.6) is 0 Å². The highest BCUT2D eigenvalue weighted by molar-refractivity contribution is 5.40. The second-order valence-electron chi connectivity index (χ2n) is 9.86. The van der Waals surface area contributed by atoms with Crippen LogP contribution in [0.1, 0.15) is 88.2 Å². The van der Waals surface area contributed by atoms with Gasteiger partial charge in [0.05, 0.1) is 5.69 Å². The second kappa shape index (κ2) is 6.16. The van der Waals surface area contributed by atoms with Gasteiger partial charge in [0, 0.05) is 35.4 Å². The molecule has 2 fully saturated rings. The van der Waals surface area contributed by atoms with Crippen LogP contribution in [0.4, 0.5) is 5.95 Å². The number of anilines is 1. The van der Waals surface area contributed by atoms with Crippen LogP contribution in [-0.2, 0) is 17.3 Å². The van der Waals surface area contributed by atoms with Crippen molar-refractivity contribution in [3.05, 3.63) is 33.3 Å². The van der Waals surface area contributed by atoms with Crippen molar-refractivity contribution in [2.75, 3.05) is 18.0 Å². The van der Waals surface area contributed by atoms with Crippen molar-refractivity contribution in [1.82, 2.24) is 20.1 Å². The van der Waals surface area contributed by atoms with Crippen molar-refractivity contribution < 1.29 is 4.52 Å². The van der Waals surface area contributed by atoms with Crippen molar-refractivity contribution in [2.24, 2.45) is 0 Å². The molecule has 1 saturated carbocycles. The number of nitrogens with zero attached hydrogens (tertiary/aromatic N) is 4. The SMILES string of the molecule is CC(C)(C)c1nc2c(c(=O)[nH]1)CCC21CCCN(c2noc(C3CCC3)n2)C1. The van der Waals surface area contributed by atoms with E-state index in [0.717, 1.165) is 74.6 Å². The minimum atomic E-state index is -0.183. The molecule has 3 heterocycles. The van der Waals surface area contributed by atoms with Gasteiger partial charge in [0.25, 0.3) is 11.5 Å². The Kier molecular flexibility index (Phi) is 3.93. The first kappa shape index (κ1) is 17.9. The number of hydrogen-bond acceptors (Lipinski definition) is 6. The predicted octanol–water partition coefficient (Wildman–Crippen LogP) is 3.20. The van der Waals surface area contributed by atoms with Crippen LogP contribution in [0.2, 0.25) is 0 Å². The maximum Gasteiger partial charge on any atom is 0.266 e. The molecule has 1 N–H and O–H groups in total. The van der Waals surface area contributed by atoms with Gasteiger partial charge >= 0.3 is 0 Å². The smallest absolute Gasteiger partial charge is 0.266 e. The molecule has 1 unspecified atom stereocenters. The highest BCUT2D eigenvalue weighted by Gasteiger charge is 2.46. The highest BCUT2D eigenvalue weighted by atomic mass is 16.5. The molecular formula is C21H29N5O2. The average molecular weight is 383 g/mol. The summed E-state index contributed by atoms with van der Waals surface area (Å²) in [7, 11) is 0. The van der Waals surface area contributed by atoms with Gasteiger partial charge in [-0.05, 0) is 43.7 Å². The lowest BCUT2D eigenvalue weighted by Gasteiger charge is -2.40. The van der Waals surface area contributed by atoms with E-state index in [9.17, 15) is 4.79 Å². The normalized spacial score (nSPS) is 25.2. The Morgan fingerprint density at radius 1 is 1.18 bits per heavy atom. The lowest BCUT2D eigenvalue weighted by molar-refractivity contribution is 0.290. The molecule has 1 aliphatic heterocycles. The van der Waals surface area contributed by atoms with E-state index < -0.39 is 0 Å². The van der Waals surface area contributed by atoms with Gasteiger partial charge in [-0.2, -0.15) is 4.98 Å². The third kappa shape index (κ3) is 2.78. The largest absolute Gasteiger partial charge is 0.337 e. The molecule has 2 aliphatic carbocycles. The van der Waals surface area contributed by atoms with Gasteiger partial charge in [-0.15, -0.1) is 0 Å². The first-order valence-electron chi connectivity index (χ1n) is 10.6. The number of H-pyrrole nitrogens is 1. The van der Waals surface area contributed by atoms with Crippen molar-refractivity contribution in [3.63, 3.8) is 0 Å². The number of hydrogen-bond donors (Lipinski definition) is 1. The van der Waals surface area contributed by atoms with Crippen LogP contribution in [0.15, 0.2) is 9.32 Å². The van der Waals surface area contributed by atoms with Crippen LogP contribution in [-0.4, -0.2) is 33.2 Å². The van der Waals surface area contributed by atoms with Crippen molar-refractivity contribution in [1.29, 1.82) is 0 Å².